The zero-order valence-corrected chi connectivity index (χ0v) is 12.6. The predicted octanol–water partition coefficient (Wildman–Crippen LogP) is 4.25. The van der Waals surface area contributed by atoms with Crippen LogP contribution in [0, 0.1) is 0 Å². The fourth-order valence-corrected chi connectivity index (χ4v) is 2.72. The van der Waals surface area contributed by atoms with Gasteiger partial charge in [0.25, 0.3) is 0 Å². The quantitative estimate of drug-likeness (QED) is 0.763. The Morgan fingerprint density at radius 1 is 1.00 bits per heavy atom. The van der Waals surface area contributed by atoms with Gasteiger partial charge in [-0.05, 0) is 42.3 Å². The fourth-order valence-electron chi connectivity index (χ4n) is 2.46. The molecule has 0 saturated carbocycles. The molecule has 1 N–H and O–H groups in total. The van der Waals surface area contributed by atoms with Crippen LogP contribution in [-0.2, 0) is 5.60 Å². The number of halogens is 1. The summed E-state index contributed by atoms with van der Waals surface area (Å²) < 4.78 is 0.997. The lowest BCUT2D eigenvalue weighted by molar-refractivity contribution is 0.104. The summed E-state index contributed by atoms with van der Waals surface area (Å²) in [4.78, 5) is 4.34. The van der Waals surface area contributed by atoms with Gasteiger partial charge in [0.05, 0.1) is 5.52 Å². The highest BCUT2D eigenvalue weighted by atomic mass is 79.9. The highest BCUT2D eigenvalue weighted by Gasteiger charge is 2.27. The molecule has 3 heteroatoms. The van der Waals surface area contributed by atoms with Gasteiger partial charge in [-0.15, -0.1) is 0 Å². The van der Waals surface area contributed by atoms with E-state index >= 15 is 0 Å². The molecule has 0 aliphatic rings. The van der Waals surface area contributed by atoms with Crippen molar-refractivity contribution in [1.82, 2.24) is 4.98 Å². The maximum atomic E-state index is 11.0. The van der Waals surface area contributed by atoms with Crippen LogP contribution in [0.4, 0.5) is 0 Å². The second kappa shape index (κ2) is 5.00. The Morgan fingerprint density at radius 3 is 2.50 bits per heavy atom. The Kier molecular flexibility index (Phi) is 3.32. The van der Waals surface area contributed by atoms with E-state index in [1.165, 1.54) is 0 Å². The summed E-state index contributed by atoms with van der Waals surface area (Å²) in [6, 6.07) is 17.5. The molecule has 0 saturated heterocycles. The molecule has 2 aromatic carbocycles. The van der Waals surface area contributed by atoms with Gasteiger partial charge in [0, 0.05) is 16.1 Å². The average Bonchev–Trinajstić information content (AvgIpc) is 2.47. The minimum absolute atomic E-state index is 0.858. The molecule has 0 fully saturated rings. The van der Waals surface area contributed by atoms with E-state index in [-0.39, 0.29) is 0 Å². The first-order chi connectivity index (χ1) is 9.59. The van der Waals surface area contributed by atoms with Crippen LogP contribution in [0.1, 0.15) is 18.1 Å². The van der Waals surface area contributed by atoms with Gasteiger partial charge in [-0.1, -0.05) is 46.3 Å². The van der Waals surface area contributed by atoms with Crippen molar-refractivity contribution in [2.45, 2.75) is 12.5 Å². The summed E-state index contributed by atoms with van der Waals surface area (Å²) in [6.07, 6.45) is 1.76. The second-order valence-corrected chi connectivity index (χ2v) is 5.87. The Bertz CT molecular complexity index is 745. The van der Waals surface area contributed by atoms with Gasteiger partial charge in [-0.3, -0.25) is 4.98 Å². The molecule has 100 valence electrons. The van der Waals surface area contributed by atoms with E-state index in [9.17, 15) is 5.11 Å². The Labute approximate surface area is 126 Å². The topological polar surface area (TPSA) is 33.1 Å². The van der Waals surface area contributed by atoms with Gasteiger partial charge in [-0.2, -0.15) is 0 Å². The van der Waals surface area contributed by atoms with Gasteiger partial charge in [-0.25, -0.2) is 0 Å². The number of hydrogen-bond acceptors (Lipinski definition) is 2. The van der Waals surface area contributed by atoms with Crippen molar-refractivity contribution in [2.75, 3.05) is 0 Å². The van der Waals surface area contributed by atoms with Crippen LogP contribution in [-0.4, -0.2) is 10.1 Å². The number of hydrogen-bond donors (Lipinski definition) is 1. The third-order valence-corrected chi connectivity index (χ3v) is 4.11. The van der Waals surface area contributed by atoms with Crippen molar-refractivity contribution >= 4 is 26.8 Å². The van der Waals surface area contributed by atoms with Gasteiger partial charge in [0.2, 0.25) is 0 Å². The first-order valence-corrected chi connectivity index (χ1v) is 7.21. The van der Waals surface area contributed by atoms with Gasteiger partial charge >= 0.3 is 0 Å². The second-order valence-electron chi connectivity index (χ2n) is 4.95. The molecule has 1 heterocycles. The highest BCUT2D eigenvalue weighted by Crippen LogP contribution is 2.34. The lowest BCUT2D eigenvalue weighted by Crippen LogP contribution is -2.23. The summed E-state index contributed by atoms with van der Waals surface area (Å²) >= 11 is 3.42. The maximum Gasteiger partial charge on any atom is 0.112 e. The number of pyridine rings is 1. The number of fused-ring (bicyclic) bond motifs is 1. The smallest absolute Gasteiger partial charge is 0.112 e. The van der Waals surface area contributed by atoms with Crippen LogP contribution in [0.5, 0.6) is 0 Å². The van der Waals surface area contributed by atoms with Crippen LogP contribution >= 0.6 is 15.9 Å². The zero-order valence-electron chi connectivity index (χ0n) is 11.0. The van der Waals surface area contributed by atoms with Crippen molar-refractivity contribution < 1.29 is 5.11 Å². The molecule has 0 aliphatic carbocycles. The number of benzene rings is 2. The summed E-state index contributed by atoms with van der Waals surface area (Å²) in [5, 5.41) is 12.0. The Hall–Kier alpha value is -1.71. The first kappa shape index (κ1) is 13.3. The molecule has 0 aliphatic heterocycles. The highest BCUT2D eigenvalue weighted by molar-refractivity contribution is 9.10. The van der Waals surface area contributed by atoms with Crippen LogP contribution < -0.4 is 0 Å². The molecule has 1 aromatic heterocycles. The summed E-state index contributed by atoms with van der Waals surface area (Å²) in [5.41, 5.74) is 1.56. The molecular weight excluding hydrogens is 314 g/mol. The van der Waals surface area contributed by atoms with E-state index in [1.54, 1.807) is 6.20 Å². The lowest BCUT2D eigenvalue weighted by atomic mass is 9.86. The molecule has 1 atom stereocenters. The van der Waals surface area contributed by atoms with Crippen LogP contribution in [0.15, 0.2) is 65.3 Å². The molecule has 0 radical (unpaired) electrons. The van der Waals surface area contributed by atoms with Crippen molar-refractivity contribution in [1.29, 1.82) is 0 Å². The van der Waals surface area contributed by atoms with E-state index in [1.807, 2.05) is 61.5 Å². The van der Waals surface area contributed by atoms with E-state index < -0.39 is 5.60 Å². The molecule has 0 bridgehead atoms. The van der Waals surface area contributed by atoms with Crippen LogP contribution in [0.3, 0.4) is 0 Å². The number of aromatic nitrogens is 1. The van der Waals surface area contributed by atoms with Gasteiger partial charge in [0.1, 0.15) is 5.60 Å². The van der Waals surface area contributed by atoms with E-state index in [0.29, 0.717) is 0 Å². The van der Waals surface area contributed by atoms with Gasteiger partial charge < -0.3 is 5.11 Å². The minimum atomic E-state index is -1.05. The molecule has 0 spiro atoms. The SMILES string of the molecule is CC(O)(c1ccc(Br)cc1)c1cccc2ncccc12. The summed E-state index contributed by atoms with van der Waals surface area (Å²) in [6.45, 7) is 1.82. The monoisotopic (exact) mass is 327 g/mol. The van der Waals surface area contributed by atoms with Crippen LogP contribution in [0.2, 0.25) is 0 Å². The fraction of sp³-hybridized carbons (Fsp3) is 0.118. The standard InChI is InChI=1S/C17H14BrNO/c1-17(20,12-7-9-13(18)10-8-12)15-5-2-6-16-14(15)4-3-11-19-16/h2-11,20H,1H3. The predicted molar refractivity (Wildman–Crippen MR) is 84.6 cm³/mol. The van der Waals surface area contributed by atoms with Crippen LogP contribution in [0.25, 0.3) is 10.9 Å². The first-order valence-electron chi connectivity index (χ1n) is 6.42. The average molecular weight is 328 g/mol. The number of rotatable bonds is 2. The molecule has 1 unspecified atom stereocenters. The van der Waals surface area contributed by atoms with Crippen molar-refractivity contribution in [3.8, 4) is 0 Å². The molecule has 0 amide bonds. The number of nitrogens with zero attached hydrogens (tertiary/aromatic N) is 1. The Balaban J connectivity index is 2.20. The van der Waals surface area contributed by atoms with Crippen molar-refractivity contribution in [3.05, 3.63) is 76.4 Å². The largest absolute Gasteiger partial charge is 0.381 e. The zero-order chi connectivity index (χ0) is 14.2. The minimum Gasteiger partial charge on any atom is -0.381 e. The Morgan fingerprint density at radius 2 is 1.75 bits per heavy atom. The van der Waals surface area contributed by atoms with E-state index in [2.05, 4.69) is 20.9 Å². The van der Waals surface area contributed by atoms with E-state index in [0.717, 1.165) is 26.5 Å². The molecule has 3 rings (SSSR count). The third kappa shape index (κ3) is 2.23. The third-order valence-electron chi connectivity index (χ3n) is 3.58. The van der Waals surface area contributed by atoms with Crippen molar-refractivity contribution in [2.24, 2.45) is 0 Å². The molecule has 20 heavy (non-hydrogen) atoms. The van der Waals surface area contributed by atoms with Crippen molar-refractivity contribution in [3.63, 3.8) is 0 Å². The lowest BCUT2D eigenvalue weighted by Gasteiger charge is -2.26. The summed E-state index contributed by atoms with van der Waals surface area (Å²) in [5.74, 6) is 0. The summed E-state index contributed by atoms with van der Waals surface area (Å²) in [7, 11) is 0. The maximum absolute atomic E-state index is 11.0. The molecule has 3 aromatic rings. The van der Waals surface area contributed by atoms with E-state index in [4.69, 9.17) is 0 Å². The molecular formula is C17H14BrNO. The number of aliphatic hydroxyl groups is 1. The normalized spacial score (nSPS) is 14.2. The molecule has 2 nitrogen and oxygen atoms in total. The van der Waals surface area contributed by atoms with Gasteiger partial charge in [0.15, 0.2) is 0 Å².